The van der Waals surface area contributed by atoms with E-state index in [1.165, 1.54) is 0 Å². The molecule has 0 unspecified atom stereocenters. The number of carboxylic acids is 1. The van der Waals surface area contributed by atoms with Gasteiger partial charge in [-0.05, 0) is 17.7 Å². The third kappa shape index (κ3) is 2.17. The molecule has 0 fully saturated rings. The lowest BCUT2D eigenvalue weighted by Crippen LogP contribution is -2.08. The SMILES string of the molecule is [N]=Nc1cccc(S(=O)(=O)O)c1C(=O)O. The Labute approximate surface area is 84.6 Å². The molecule has 0 aliphatic carbocycles. The average molecular weight is 229 g/mol. The number of hydrogen-bond acceptors (Lipinski definition) is 4. The minimum atomic E-state index is -4.66. The zero-order valence-corrected chi connectivity index (χ0v) is 7.97. The van der Waals surface area contributed by atoms with Gasteiger partial charge in [-0.15, -0.1) is 5.11 Å². The number of benzene rings is 1. The van der Waals surface area contributed by atoms with Crippen molar-refractivity contribution in [2.45, 2.75) is 4.90 Å². The second-order valence-electron chi connectivity index (χ2n) is 2.53. The van der Waals surface area contributed by atoms with Gasteiger partial charge in [-0.25, -0.2) is 4.79 Å². The third-order valence-corrected chi connectivity index (χ3v) is 2.50. The highest BCUT2D eigenvalue weighted by Gasteiger charge is 2.23. The van der Waals surface area contributed by atoms with E-state index in [4.69, 9.17) is 15.2 Å². The predicted molar refractivity (Wildman–Crippen MR) is 47.4 cm³/mol. The summed E-state index contributed by atoms with van der Waals surface area (Å²) in [7, 11) is -4.66. The first kappa shape index (κ1) is 11.3. The molecule has 79 valence electrons. The number of aromatic carboxylic acids is 1. The van der Waals surface area contributed by atoms with Crippen LogP contribution in [0.3, 0.4) is 0 Å². The largest absolute Gasteiger partial charge is 0.478 e. The van der Waals surface area contributed by atoms with Crippen molar-refractivity contribution in [3.8, 4) is 0 Å². The van der Waals surface area contributed by atoms with Gasteiger partial charge in [-0.1, -0.05) is 6.07 Å². The second kappa shape index (κ2) is 3.75. The molecule has 0 amide bonds. The van der Waals surface area contributed by atoms with Crippen LogP contribution in [0.25, 0.3) is 0 Å². The molecule has 0 aliphatic heterocycles. The minimum Gasteiger partial charge on any atom is -0.478 e. The molecule has 0 atom stereocenters. The van der Waals surface area contributed by atoms with Crippen LogP contribution >= 0.6 is 0 Å². The Morgan fingerprint density at radius 3 is 2.40 bits per heavy atom. The number of hydrogen-bond donors (Lipinski definition) is 2. The summed E-state index contributed by atoms with van der Waals surface area (Å²) < 4.78 is 30.3. The molecule has 15 heavy (non-hydrogen) atoms. The first-order valence-electron chi connectivity index (χ1n) is 3.57. The van der Waals surface area contributed by atoms with Gasteiger partial charge in [0.15, 0.2) is 0 Å². The standard InChI is InChI=1S/C7H5N2O5S/c8-9-4-2-1-3-5(15(12,13)14)6(4)7(10)11/h1-3H,(H,10,11)(H,12,13,14). The average Bonchev–Trinajstić information content (AvgIpc) is 2.15. The molecular weight excluding hydrogens is 224 g/mol. The Kier molecular flexibility index (Phi) is 2.82. The molecule has 2 N–H and O–H groups in total. The summed E-state index contributed by atoms with van der Waals surface area (Å²) in [6.45, 7) is 0. The van der Waals surface area contributed by atoms with Gasteiger partial charge in [0.05, 0.1) is 0 Å². The molecule has 0 spiro atoms. The molecule has 0 aromatic heterocycles. The second-order valence-corrected chi connectivity index (χ2v) is 3.92. The Bertz CT molecular complexity index is 522. The molecule has 0 heterocycles. The molecule has 0 saturated carbocycles. The fourth-order valence-electron chi connectivity index (χ4n) is 1.03. The zero-order chi connectivity index (χ0) is 11.6. The monoisotopic (exact) mass is 229 g/mol. The van der Waals surface area contributed by atoms with E-state index < -0.39 is 32.2 Å². The number of carboxylic acid groups (broad SMARTS) is 1. The molecular formula is C7H5N2O5S. The molecule has 1 radical (unpaired) electrons. The Morgan fingerprint density at radius 1 is 1.40 bits per heavy atom. The summed E-state index contributed by atoms with van der Waals surface area (Å²) >= 11 is 0. The normalized spacial score (nSPS) is 11.0. The molecule has 1 rings (SSSR count). The van der Waals surface area contributed by atoms with E-state index in [0.717, 1.165) is 18.2 Å². The Morgan fingerprint density at radius 2 is 2.00 bits per heavy atom. The van der Waals surface area contributed by atoms with Crippen LogP contribution in [0.1, 0.15) is 10.4 Å². The molecule has 7 nitrogen and oxygen atoms in total. The fraction of sp³-hybridized carbons (Fsp3) is 0. The number of carbonyl (C=O) groups is 1. The van der Waals surface area contributed by atoms with Gasteiger partial charge in [0.1, 0.15) is 16.1 Å². The van der Waals surface area contributed by atoms with Crippen molar-refractivity contribution < 1.29 is 22.9 Å². The lowest BCUT2D eigenvalue weighted by Gasteiger charge is -2.03. The van der Waals surface area contributed by atoms with Crippen LogP contribution < -0.4 is 5.53 Å². The summed E-state index contributed by atoms with van der Waals surface area (Å²) in [6.07, 6.45) is 0. The lowest BCUT2D eigenvalue weighted by atomic mass is 10.2. The van der Waals surface area contributed by atoms with Gasteiger partial charge >= 0.3 is 5.97 Å². The van der Waals surface area contributed by atoms with E-state index in [-0.39, 0.29) is 0 Å². The summed E-state index contributed by atoms with van der Waals surface area (Å²) in [5, 5.41) is 11.3. The van der Waals surface area contributed by atoms with E-state index >= 15 is 0 Å². The molecule has 0 saturated heterocycles. The van der Waals surface area contributed by atoms with E-state index in [2.05, 4.69) is 5.11 Å². The van der Waals surface area contributed by atoms with Crippen LogP contribution in [0.15, 0.2) is 28.2 Å². The topological polar surface area (TPSA) is 126 Å². The van der Waals surface area contributed by atoms with Crippen molar-refractivity contribution >= 4 is 21.8 Å². The van der Waals surface area contributed by atoms with E-state index in [0.29, 0.717) is 0 Å². The zero-order valence-electron chi connectivity index (χ0n) is 7.15. The van der Waals surface area contributed by atoms with E-state index in [1.54, 1.807) is 0 Å². The lowest BCUT2D eigenvalue weighted by molar-refractivity contribution is 0.0693. The maximum Gasteiger partial charge on any atom is 0.339 e. The predicted octanol–water partition coefficient (Wildman–Crippen LogP) is 0.515. The van der Waals surface area contributed by atoms with Crippen LogP contribution in [0.4, 0.5) is 5.69 Å². The molecule has 0 bridgehead atoms. The maximum absolute atomic E-state index is 10.8. The van der Waals surface area contributed by atoms with Gasteiger partial charge in [0.2, 0.25) is 0 Å². The van der Waals surface area contributed by atoms with Crippen molar-refractivity contribution in [3.63, 3.8) is 0 Å². The highest BCUT2D eigenvalue weighted by atomic mass is 32.2. The first-order valence-corrected chi connectivity index (χ1v) is 5.01. The molecule has 0 aliphatic rings. The quantitative estimate of drug-likeness (QED) is 0.576. The van der Waals surface area contributed by atoms with Gasteiger partial charge in [0, 0.05) is 0 Å². The summed E-state index contributed by atoms with van der Waals surface area (Å²) in [4.78, 5) is 9.89. The fourth-order valence-corrected chi connectivity index (χ4v) is 1.73. The van der Waals surface area contributed by atoms with Gasteiger partial charge < -0.3 is 5.11 Å². The number of rotatable bonds is 3. The van der Waals surface area contributed by atoms with Crippen molar-refractivity contribution in [2.24, 2.45) is 5.11 Å². The van der Waals surface area contributed by atoms with Crippen LogP contribution in [-0.2, 0) is 10.1 Å². The summed E-state index contributed by atoms with van der Waals surface area (Å²) in [6, 6.07) is 3.14. The van der Waals surface area contributed by atoms with Crippen molar-refractivity contribution in [3.05, 3.63) is 23.8 Å². The molecule has 1 aromatic rings. The Balaban J connectivity index is 3.68. The van der Waals surface area contributed by atoms with Crippen LogP contribution in [0, 0.1) is 0 Å². The van der Waals surface area contributed by atoms with Crippen molar-refractivity contribution in [1.29, 1.82) is 0 Å². The highest BCUT2D eigenvalue weighted by Crippen LogP contribution is 2.25. The maximum atomic E-state index is 10.8. The van der Waals surface area contributed by atoms with Crippen LogP contribution in [0.5, 0.6) is 0 Å². The summed E-state index contributed by atoms with van der Waals surface area (Å²) in [5.41, 5.74) is 7.22. The van der Waals surface area contributed by atoms with Gasteiger partial charge in [-0.2, -0.15) is 8.42 Å². The van der Waals surface area contributed by atoms with Gasteiger partial charge in [-0.3, -0.25) is 4.55 Å². The minimum absolute atomic E-state index is 0.447. The molecule has 1 aromatic carbocycles. The Hall–Kier alpha value is -1.80. The van der Waals surface area contributed by atoms with Gasteiger partial charge in [0.25, 0.3) is 10.1 Å². The van der Waals surface area contributed by atoms with E-state index in [9.17, 15) is 13.2 Å². The summed E-state index contributed by atoms with van der Waals surface area (Å²) in [5.74, 6) is -1.61. The number of nitrogens with zero attached hydrogens (tertiary/aromatic N) is 2. The molecule has 8 heteroatoms. The van der Waals surface area contributed by atoms with E-state index in [1.807, 2.05) is 0 Å². The van der Waals surface area contributed by atoms with Crippen LogP contribution in [-0.4, -0.2) is 24.0 Å². The smallest absolute Gasteiger partial charge is 0.339 e. The highest BCUT2D eigenvalue weighted by molar-refractivity contribution is 7.86. The third-order valence-electron chi connectivity index (χ3n) is 1.60. The first-order chi connectivity index (χ1) is 6.88. The van der Waals surface area contributed by atoms with Crippen molar-refractivity contribution in [2.75, 3.05) is 0 Å². The van der Waals surface area contributed by atoms with Crippen LogP contribution in [0.2, 0.25) is 0 Å². The van der Waals surface area contributed by atoms with Crippen molar-refractivity contribution in [1.82, 2.24) is 5.53 Å².